The van der Waals surface area contributed by atoms with Crippen molar-refractivity contribution in [3.8, 4) is 45.1 Å². The number of hydrogen-bond acceptors (Lipinski definition) is 3. The molecule has 0 bridgehead atoms. The van der Waals surface area contributed by atoms with Gasteiger partial charge in [0.1, 0.15) is 5.75 Å². The van der Waals surface area contributed by atoms with Crippen molar-refractivity contribution in [2.24, 2.45) is 0 Å². The molecular weight excluding hydrogens is 770 g/mol. The zero-order valence-electron chi connectivity index (χ0n) is 28.5. The predicted octanol–water partition coefficient (Wildman–Crippen LogP) is 11.0. The molecule has 0 spiro atoms. The minimum atomic E-state index is -0.0309. The number of fused-ring (bicyclic) bond motifs is 2. The molecule has 244 valence electrons. The van der Waals surface area contributed by atoms with E-state index in [1.165, 1.54) is 11.1 Å². The van der Waals surface area contributed by atoms with Crippen LogP contribution in [0, 0.1) is 13.0 Å². The first-order valence-electron chi connectivity index (χ1n) is 16.2. The number of aromatic nitrogens is 3. The number of rotatable bonds is 4. The molecule has 4 nitrogen and oxygen atoms in total. The Balaban J connectivity index is 0.00000401. The molecule has 1 N–H and O–H groups in total. The Bertz CT molecular complexity index is 2290. The summed E-state index contributed by atoms with van der Waals surface area (Å²) >= 11 is 0. The van der Waals surface area contributed by atoms with Crippen molar-refractivity contribution in [2.45, 2.75) is 59.3 Å². The number of aromatic hydroxyl groups is 1. The molecule has 0 unspecified atom stereocenters. The van der Waals surface area contributed by atoms with Crippen LogP contribution in [0.2, 0.25) is 0 Å². The molecule has 0 saturated heterocycles. The molecule has 0 atom stereocenters. The van der Waals surface area contributed by atoms with Gasteiger partial charge in [0, 0.05) is 49.6 Å². The fraction of sp³-hybridized carbons (Fsp3) is 0.209. The number of benzene rings is 5. The first-order chi connectivity index (χ1) is 22.4. The second kappa shape index (κ2) is 12.5. The van der Waals surface area contributed by atoms with Crippen LogP contribution in [0.4, 0.5) is 0 Å². The number of hydrogen-bond donors (Lipinski definition) is 1. The van der Waals surface area contributed by atoms with Gasteiger partial charge in [0.25, 0.3) is 0 Å². The topological polar surface area (TPSA) is 50.9 Å². The zero-order valence-corrected chi connectivity index (χ0v) is 30.8. The standard InChI is InChI=1S/C43H40N3O.Pt/c1-27-22-30-24-32(43(5,6)7)25-36(39(30)44-26-27)28-12-10-13-29(23-28)41-45-40-35(34-14-8-9-17-38(34)47)15-11-16-37(40)46(41)33-20-18-31(19-21-33)42(2,3)4;/h8-22,24-26,47H,1-7H3;/q-1;. The molecule has 7 aromatic rings. The maximum atomic E-state index is 10.8. The van der Waals surface area contributed by atoms with Crippen LogP contribution in [0.25, 0.3) is 61.3 Å². The van der Waals surface area contributed by atoms with Crippen LogP contribution in [0.5, 0.6) is 5.75 Å². The summed E-state index contributed by atoms with van der Waals surface area (Å²) in [6.07, 6.45) is 1.94. The Morgan fingerprint density at radius 1 is 0.646 bits per heavy atom. The number of imidazole rings is 1. The van der Waals surface area contributed by atoms with Gasteiger partial charge in [-0.15, -0.1) is 29.8 Å². The number of phenols is 1. The fourth-order valence-electron chi connectivity index (χ4n) is 6.33. The van der Waals surface area contributed by atoms with Crippen molar-refractivity contribution in [3.63, 3.8) is 0 Å². The van der Waals surface area contributed by atoms with Crippen LogP contribution in [-0.4, -0.2) is 19.6 Å². The van der Waals surface area contributed by atoms with Crippen molar-refractivity contribution < 1.29 is 26.2 Å². The third-order valence-corrected chi connectivity index (χ3v) is 8.98. The summed E-state index contributed by atoms with van der Waals surface area (Å²) in [4.78, 5) is 10.2. The normalized spacial score (nSPS) is 12.0. The van der Waals surface area contributed by atoms with Crippen LogP contribution >= 0.6 is 0 Å². The van der Waals surface area contributed by atoms with Gasteiger partial charge in [-0.1, -0.05) is 107 Å². The Hall–Kier alpha value is -4.53. The van der Waals surface area contributed by atoms with Crippen molar-refractivity contribution in [2.75, 3.05) is 0 Å². The van der Waals surface area contributed by atoms with Crippen LogP contribution < -0.4 is 0 Å². The Labute approximate surface area is 297 Å². The van der Waals surface area contributed by atoms with Crippen LogP contribution in [0.1, 0.15) is 58.2 Å². The van der Waals surface area contributed by atoms with Gasteiger partial charge < -0.3 is 9.67 Å². The number of phenolic OH excluding ortho intramolecular Hbond substituents is 1. The average Bonchev–Trinajstić information content (AvgIpc) is 3.44. The van der Waals surface area contributed by atoms with E-state index in [0.29, 0.717) is 0 Å². The second-order valence-electron chi connectivity index (χ2n) is 14.6. The molecule has 7 rings (SSSR count). The van der Waals surface area contributed by atoms with E-state index in [2.05, 4.69) is 126 Å². The Morgan fingerprint density at radius 3 is 2.02 bits per heavy atom. The molecule has 0 aliphatic carbocycles. The van der Waals surface area contributed by atoms with E-state index in [0.717, 1.165) is 66.8 Å². The average molecular weight is 810 g/mol. The number of aryl methyl sites for hydroxylation is 1. The minimum Gasteiger partial charge on any atom is -0.507 e. The van der Waals surface area contributed by atoms with Crippen molar-refractivity contribution >= 4 is 21.9 Å². The SMILES string of the molecule is Cc1cnc2c(-c3[c-]c(-c4nc5c(-c6ccccc6O)cccc5n4-c4ccc(C(C)(C)C)cc4)ccc3)cc(C(C)(C)C)cc2c1.[Pt]. The number of para-hydroxylation sites is 2. The first-order valence-corrected chi connectivity index (χ1v) is 16.2. The number of pyridine rings is 1. The summed E-state index contributed by atoms with van der Waals surface area (Å²) in [5, 5.41) is 12.0. The second-order valence-corrected chi connectivity index (χ2v) is 14.6. The van der Waals surface area contributed by atoms with Crippen molar-refractivity contribution in [1.82, 2.24) is 14.5 Å². The van der Waals surface area contributed by atoms with Crippen molar-refractivity contribution in [3.05, 3.63) is 132 Å². The predicted molar refractivity (Wildman–Crippen MR) is 195 cm³/mol. The Morgan fingerprint density at radius 2 is 1.31 bits per heavy atom. The van der Waals surface area contributed by atoms with Gasteiger partial charge in [-0.25, -0.2) is 0 Å². The summed E-state index contributed by atoms with van der Waals surface area (Å²) in [5.41, 5.74) is 12.0. The molecule has 0 radical (unpaired) electrons. The summed E-state index contributed by atoms with van der Waals surface area (Å²) in [6, 6.07) is 39.2. The van der Waals surface area contributed by atoms with E-state index in [1.807, 2.05) is 36.5 Å². The van der Waals surface area contributed by atoms with E-state index >= 15 is 0 Å². The zero-order chi connectivity index (χ0) is 33.1. The molecule has 0 amide bonds. The molecule has 5 heteroatoms. The van der Waals surface area contributed by atoms with Crippen molar-refractivity contribution in [1.29, 1.82) is 0 Å². The van der Waals surface area contributed by atoms with Gasteiger partial charge in [-0.3, -0.25) is 9.97 Å². The molecule has 2 heterocycles. The largest absolute Gasteiger partial charge is 0.507 e. The summed E-state index contributed by atoms with van der Waals surface area (Å²) < 4.78 is 2.21. The molecule has 0 saturated carbocycles. The van der Waals surface area contributed by atoms with E-state index < -0.39 is 0 Å². The monoisotopic (exact) mass is 809 g/mol. The number of nitrogens with zero attached hydrogens (tertiary/aromatic N) is 3. The molecule has 0 aliphatic heterocycles. The smallest absolute Gasteiger partial charge is 0.123 e. The first kappa shape index (κ1) is 33.4. The summed E-state index contributed by atoms with van der Waals surface area (Å²) in [5.74, 6) is 1.01. The maximum absolute atomic E-state index is 10.8. The van der Waals surface area contributed by atoms with Gasteiger partial charge in [-0.05, 0) is 70.2 Å². The van der Waals surface area contributed by atoms with Crippen LogP contribution in [0.15, 0.2) is 109 Å². The molecule has 0 fully saturated rings. The van der Waals surface area contributed by atoms with E-state index in [9.17, 15) is 5.11 Å². The van der Waals surface area contributed by atoms with Crippen LogP contribution in [0.3, 0.4) is 0 Å². The van der Waals surface area contributed by atoms with Gasteiger partial charge in [0.15, 0.2) is 0 Å². The summed E-state index contributed by atoms with van der Waals surface area (Å²) in [6.45, 7) is 15.5. The van der Waals surface area contributed by atoms with Gasteiger partial charge in [0.2, 0.25) is 0 Å². The van der Waals surface area contributed by atoms with Gasteiger partial charge in [0.05, 0.1) is 16.9 Å². The fourth-order valence-corrected chi connectivity index (χ4v) is 6.33. The molecule has 48 heavy (non-hydrogen) atoms. The van der Waals surface area contributed by atoms with Crippen LogP contribution in [-0.2, 0) is 31.9 Å². The quantitative estimate of drug-likeness (QED) is 0.180. The molecule has 0 aliphatic rings. The Kier molecular flexibility index (Phi) is 8.68. The third-order valence-electron chi connectivity index (χ3n) is 8.98. The van der Waals surface area contributed by atoms with E-state index in [-0.39, 0.29) is 37.6 Å². The molecule has 5 aromatic carbocycles. The minimum absolute atomic E-state index is 0. The molecule has 2 aromatic heterocycles. The van der Waals surface area contributed by atoms with Gasteiger partial charge >= 0.3 is 0 Å². The summed E-state index contributed by atoms with van der Waals surface area (Å²) in [7, 11) is 0. The van der Waals surface area contributed by atoms with E-state index in [1.54, 1.807) is 6.07 Å². The molecular formula is C43H40N3OPt-. The maximum Gasteiger partial charge on any atom is 0.123 e. The third kappa shape index (κ3) is 6.11. The van der Waals surface area contributed by atoms with Gasteiger partial charge in [-0.2, -0.15) is 0 Å². The van der Waals surface area contributed by atoms with E-state index in [4.69, 9.17) is 9.97 Å².